The Kier molecular flexibility index (Phi) is 6.03. The summed E-state index contributed by atoms with van der Waals surface area (Å²) in [7, 11) is 0. The number of carbonyl (C=O) groups excluding carboxylic acids is 3. The van der Waals surface area contributed by atoms with E-state index in [-0.39, 0.29) is 15.7 Å². The Morgan fingerprint density at radius 2 is 1.89 bits per heavy atom. The molecule has 1 fully saturated rings. The van der Waals surface area contributed by atoms with Crippen LogP contribution in [0, 0.1) is 5.92 Å². The molecule has 0 aromatic heterocycles. The van der Waals surface area contributed by atoms with Crippen molar-refractivity contribution in [1.29, 1.82) is 0 Å². The molecular weight excluding hydrogens is 423 g/mol. The van der Waals surface area contributed by atoms with E-state index in [9.17, 15) is 14.4 Å². The second-order valence-corrected chi connectivity index (χ2v) is 6.85. The molecule has 2 aromatic carbocycles. The van der Waals surface area contributed by atoms with Crippen LogP contribution in [-0.2, 0) is 9.59 Å². The molecule has 0 bridgehead atoms. The zero-order valence-electron chi connectivity index (χ0n) is 14.1. The lowest BCUT2D eigenvalue weighted by Crippen LogP contribution is -2.58. The fraction of sp³-hybridized carbons (Fsp3) is 0.0556. The molecule has 3 amide bonds. The normalized spacial score (nSPS) is 17.0. The number of hydrazone groups is 1. The van der Waals surface area contributed by atoms with Crippen LogP contribution in [0.3, 0.4) is 0 Å². The summed E-state index contributed by atoms with van der Waals surface area (Å²) < 4.78 is 0. The molecule has 7 nitrogen and oxygen atoms in total. The highest BCUT2D eigenvalue weighted by molar-refractivity contribution is 7.80. The Labute approximate surface area is 175 Å². The summed E-state index contributed by atoms with van der Waals surface area (Å²) in [6, 6.07) is 13.0. The first kappa shape index (κ1) is 19.9. The Balaban J connectivity index is 1.75. The van der Waals surface area contributed by atoms with Gasteiger partial charge in [-0.15, -0.1) is 0 Å². The largest absolute Gasteiger partial charge is 0.301 e. The van der Waals surface area contributed by atoms with Crippen molar-refractivity contribution in [3.05, 3.63) is 64.1 Å². The van der Waals surface area contributed by atoms with Gasteiger partial charge < -0.3 is 5.32 Å². The van der Waals surface area contributed by atoms with Crippen LogP contribution in [0.1, 0.15) is 10.4 Å². The van der Waals surface area contributed by atoms with Crippen LogP contribution in [0.5, 0.6) is 0 Å². The van der Waals surface area contributed by atoms with Gasteiger partial charge in [-0.1, -0.05) is 41.4 Å². The second kappa shape index (κ2) is 8.47. The van der Waals surface area contributed by atoms with E-state index in [1.165, 1.54) is 23.1 Å². The van der Waals surface area contributed by atoms with Crippen molar-refractivity contribution in [2.45, 2.75) is 0 Å². The minimum Gasteiger partial charge on any atom is -0.301 e. The van der Waals surface area contributed by atoms with Gasteiger partial charge in [-0.3, -0.25) is 19.3 Å². The van der Waals surface area contributed by atoms with Crippen LogP contribution in [-0.4, -0.2) is 29.0 Å². The number of nitrogens with one attached hydrogen (secondary N) is 2. The first-order valence-electron chi connectivity index (χ1n) is 7.91. The molecule has 142 valence electrons. The molecule has 1 unspecified atom stereocenters. The lowest BCUT2D eigenvalue weighted by Gasteiger charge is -2.30. The number of carbonyl (C=O) groups is 3. The summed E-state index contributed by atoms with van der Waals surface area (Å²) >= 11 is 16.9. The third-order valence-corrected chi connectivity index (χ3v) is 4.61. The fourth-order valence-electron chi connectivity index (χ4n) is 2.45. The van der Waals surface area contributed by atoms with Crippen molar-refractivity contribution in [1.82, 2.24) is 10.7 Å². The van der Waals surface area contributed by atoms with E-state index >= 15 is 0 Å². The first-order valence-corrected chi connectivity index (χ1v) is 9.07. The van der Waals surface area contributed by atoms with Crippen LogP contribution < -0.4 is 15.6 Å². The molecule has 28 heavy (non-hydrogen) atoms. The van der Waals surface area contributed by atoms with Gasteiger partial charge in [-0.2, -0.15) is 5.10 Å². The first-order chi connectivity index (χ1) is 13.4. The Bertz CT molecular complexity index is 998. The summed E-state index contributed by atoms with van der Waals surface area (Å²) in [5.41, 5.74) is 2.89. The van der Waals surface area contributed by atoms with Crippen LogP contribution in [0.4, 0.5) is 5.69 Å². The summed E-state index contributed by atoms with van der Waals surface area (Å²) in [5.74, 6) is -3.09. The maximum atomic E-state index is 12.7. The molecular formula is C18H12Cl2N4O3S. The van der Waals surface area contributed by atoms with Crippen molar-refractivity contribution in [3.63, 3.8) is 0 Å². The zero-order chi connectivity index (χ0) is 20.3. The summed E-state index contributed by atoms with van der Waals surface area (Å²) in [4.78, 5) is 38.2. The number of amides is 3. The van der Waals surface area contributed by atoms with E-state index in [1.54, 1.807) is 30.3 Å². The molecule has 0 aliphatic carbocycles. The molecule has 0 spiro atoms. The van der Waals surface area contributed by atoms with Gasteiger partial charge in [0.2, 0.25) is 5.91 Å². The van der Waals surface area contributed by atoms with Gasteiger partial charge in [-0.25, -0.2) is 5.43 Å². The number of nitrogens with zero attached hydrogens (tertiary/aromatic N) is 2. The lowest BCUT2D eigenvalue weighted by molar-refractivity contribution is -0.130. The smallest absolute Gasteiger partial charge is 0.272 e. The van der Waals surface area contributed by atoms with Gasteiger partial charge in [0.1, 0.15) is 0 Å². The molecule has 2 N–H and O–H groups in total. The van der Waals surface area contributed by atoms with E-state index in [2.05, 4.69) is 15.8 Å². The molecule has 10 heteroatoms. The van der Waals surface area contributed by atoms with Crippen molar-refractivity contribution in [2.75, 3.05) is 4.90 Å². The number of halogens is 2. The van der Waals surface area contributed by atoms with Gasteiger partial charge in [0.15, 0.2) is 11.0 Å². The van der Waals surface area contributed by atoms with Crippen LogP contribution in [0.2, 0.25) is 10.0 Å². The second-order valence-electron chi connectivity index (χ2n) is 5.62. The monoisotopic (exact) mass is 434 g/mol. The number of rotatable bonds is 4. The average Bonchev–Trinajstić information content (AvgIpc) is 2.65. The average molecular weight is 435 g/mol. The predicted molar refractivity (Wildman–Crippen MR) is 111 cm³/mol. The quantitative estimate of drug-likeness (QED) is 0.335. The number of thiocarbonyl (C=S) groups is 1. The topological polar surface area (TPSA) is 90.9 Å². The molecule has 0 saturated carbocycles. The van der Waals surface area contributed by atoms with Gasteiger partial charge in [-0.05, 0) is 42.5 Å². The van der Waals surface area contributed by atoms with E-state index in [1.807, 2.05) is 0 Å². The van der Waals surface area contributed by atoms with E-state index in [0.29, 0.717) is 10.7 Å². The molecule has 1 heterocycles. The highest BCUT2D eigenvalue weighted by atomic mass is 35.5. The number of benzene rings is 2. The van der Waals surface area contributed by atoms with Gasteiger partial charge in [0.25, 0.3) is 11.8 Å². The summed E-state index contributed by atoms with van der Waals surface area (Å²) in [6.45, 7) is 0. The van der Waals surface area contributed by atoms with Crippen molar-refractivity contribution in [3.8, 4) is 0 Å². The van der Waals surface area contributed by atoms with Gasteiger partial charge in [0, 0.05) is 11.2 Å². The van der Waals surface area contributed by atoms with E-state index < -0.39 is 23.6 Å². The molecule has 1 saturated heterocycles. The highest BCUT2D eigenvalue weighted by Gasteiger charge is 2.38. The maximum absolute atomic E-state index is 12.7. The molecule has 1 aliphatic heterocycles. The number of hydrogen-bond donors (Lipinski definition) is 2. The molecule has 3 rings (SSSR count). The Morgan fingerprint density at radius 3 is 2.57 bits per heavy atom. The van der Waals surface area contributed by atoms with Crippen LogP contribution in [0.25, 0.3) is 0 Å². The Morgan fingerprint density at radius 1 is 1.18 bits per heavy atom. The van der Waals surface area contributed by atoms with E-state index in [4.69, 9.17) is 35.4 Å². The number of hydrogen-bond acceptors (Lipinski definition) is 5. The standard InChI is InChI=1S/C18H12Cl2N4O3S/c19-10-6-7-12(14(20)8-10)16(26)23-21-9-13-15(25)22-18(28)24(17(13)27)11-4-2-1-3-5-11/h1-9,13H,(H,23,26)(H,22,25,28). The lowest BCUT2D eigenvalue weighted by atomic mass is 10.1. The fourth-order valence-corrected chi connectivity index (χ4v) is 3.24. The third kappa shape index (κ3) is 4.19. The third-order valence-electron chi connectivity index (χ3n) is 3.78. The van der Waals surface area contributed by atoms with Gasteiger partial charge in [0.05, 0.1) is 16.3 Å². The van der Waals surface area contributed by atoms with Crippen molar-refractivity contribution in [2.24, 2.45) is 11.0 Å². The minimum absolute atomic E-state index is 0.0252. The summed E-state index contributed by atoms with van der Waals surface area (Å²) in [5, 5.41) is 6.67. The van der Waals surface area contributed by atoms with Crippen molar-refractivity contribution >= 4 is 70.2 Å². The summed E-state index contributed by atoms with van der Waals surface area (Å²) in [6.07, 6.45) is 1.04. The zero-order valence-corrected chi connectivity index (χ0v) is 16.4. The van der Waals surface area contributed by atoms with Crippen molar-refractivity contribution < 1.29 is 14.4 Å². The predicted octanol–water partition coefficient (Wildman–Crippen LogP) is 2.77. The molecule has 2 aromatic rings. The molecule has 1 atom stereocenters. The Hall–Kier alpha value is -2.81. The minimum atomic E-state index is -1.26. The van der Waals surface area contributed by atoms with Crippen LogP contribution >= 0.6 is 35.4 Å². The maximum Gasteiger partial charge on any atom is 0.272 e. The van der Waals surface area contributed by atoms with Gasteiger partial charge >= 0.3 is 0 Å². The number of anilines is 1. The van der Waals surface area contributed by atoms with Crippen LogP contribution in [0.15, 0.2) is 53.6 Å². The molecule has 1 aliphatic rings. The molecule has 0 radical (unpaired) electrons. The SMILES string of the molecule is O=C(NN=CC1C(=O)NC(=S)N(c2ccccc2)C1=O)c1ccc(Cl)cc1Cl. The highest BCUT2D eigenvalue weighted by Crippen LogP contribution is 2.21. The number of para-hydroxylation sites is 1. The van der Waals surface area contributed by atoms with E-state index in [0.717, 1.165) is 6.21 Å².